The Bertz CT molecular complexity index is 572. The Kier molecular flexibility index (Phi) is 4.71. The molecule has 1 saturated heterocycles. The van der Waals surface area contributed by atoms with Crippen molar-refractivity contribution in [2.75, 3.05) is 23.7 Å². The molecule has 1 atom stereocenters. The zero-order valence-electron chi connectivity index (χ0n) is 13.5. The number of anilines is 2. The molecule has 6 nitrogen and oxygen atoms in total. The molecule has 1 fully saturated rings. The fourth-order valence-electron chi connectivity index (χ4n) is 2.69. The highest BCUT2D eigenvalue weighted by atomic mass is 16.5. The van der Waals surface area contributed by atoms with Gasteiger partial charge in [0.25, 0.3) is 0 Å². The van der Waals surface area contributed by atoms with Crippen LogP contribution in [0.1, 0.15) is 27.7 Å². The van der Waals surface area contributed by atoms with Crippen LogP contribution in [0.3, 0.4) is 0 Å². The first kappa shape index (κ1) is 16.3. The number of urea groups is 1. The van der Waals surface area contributed by atoms with E-state index in [4.69, 9.17) is 4.74 Å². The summed E-state index contributed by atoms with van der Waals surface area (Å²) in [7, 11) is 0. The van der Waals surface area contributed by atoms with Crippen LogP contribution in [0.4, 0.5) is 16.2 Å². The zero-order valence-corrected chi connectivity index (χ0v) is 13.5. The number of carbonyl (C=O) groups excluding carboxylic acids is 2. The van der Waals surface area contributed by atoms with Gasteiger partial charge >= 0.3 is 6.03 Å². The molecule has 120 valence electrons. The van der Waals surface area contributed by atoms with E-state index >= 15 is 0 Å². The van der Waals surface area contributed by atoms with Crippen LogP contribution in [0.2, 0.25) is 0 Å². The Morgan fingerprint density at radius 1 is 1.27 bits per heavy atom. The minimum Gasteiger partial charge on any atom is -0.369 e. The van der Waals surface area contributed by atoms with Crippen LogP contribution in [0, 0.1) is 0 Å². The summed E-state index contributed by atoms with van der Waals surface area (Å²) >= 11 is 0. The van der Waals surface area contributed by atoms with Crippen LogP contribution in [0.15, 0.2) is 24.3 Å². The van der Waals surface area contributed by atoms with Gasteiger partial charge < -0.3 is 20.3 Å². The Labute approximate surface area is 130 Å². The molecule has 6 heteroatoms. The lowest BCUT2D eigenvalue weighted by Gasteiger charge is -2.41. The fourth-order valence-corrected chi connectivity index (χ4v) is 2.69. The highest BCUT2D eigenvalue weighted by Crippen LogP contribution is 2.22. The maximum Gasteiger partial charge on any atom is 0.322 e. The Balaban J connectivity index is 2.04. The summed E-state index contributed by atoms with van der Waals surface area (Å²) in [4.78, 5) is 25.2. The van der Waals surface area contributed by atoms with Gasteiger partial charge in [0.2, 0.25) is 5.91 Å². The maximum atomic E-state index is 12.4. The van der Waals surface area contributed by atoms with E-state index in [1.165, 1.54) is 6.92 Å². The van der Waals surface area contributed by atoms with Gasteiger partial charge in [-0.2, -0.15) is 0 Å². The molecule has 1 aliphatic heterocycles. The molecule has 2 rings (SSSR count). The molecule has 3 amide bonds. The molecule has 1 aromatic carbocycles. The summed E-state index contributed by atoms with van der Waals surface area (Å²) in [6.07, 6.45) is 0.000198. The van der Waals surface area contributed by atoms with Crippen molar-refractivity contribution < 1.29 is 14.3 Å². The number of amides is 3. The molecule has 2 N–H and O–H groups in total. The van der Waals surface area contributed by atoms with Crippen LogP contribution in [0.25, 0.3) is 0 Å². The number of nitrogens with one attached hydrogen (secondary N) is 2. The summed E-state index contributed by atoms with van der Waals surface area (Å²) in [5, 5.41) is 5.56. The first-order valence-corrected chi connectivity index (χ1v) is 7.36. The molecule has 1 unspecified atom stereocenters. The van der Waals surface area contributed by atoms with E-state index < -0.39 is 0 Å². The first-order valence-electron chi connectivity index (χ1n) is 7.36. The number of morpholine rings is 1. The molecule has 1 aromatic rings. The average molecular weight is 305 g/mol. The minimum absolute atomic E-state index is 0.000198. The number of nitrogens with zero attached hydrogens (tertiary/aromatic N) is 1. The molecule has 22 heavy (non-hydrogen) atoms. The van der Waals surface area contributed by atoms with Gasteiger partial charge in [-0.15, -0.1) is 0 Å². The van der Waals surface area contributed by atoms with Crippen molar-refractivity contribution in [2.45, 2.75) is 39.4 Å². The van der Waals surface area contributed by atoms with E-state index in [9.17, 15) is 9.59 Å². The molecule has 0 spiro atoms. The molecule has 0 aromatic heterocycles. The molecule has 0 bridgehead atoms. The summed E-state index contributed by atoms with van der Waals surface area (Å²) in [6, 6.07) is 6.92. The largest absolute Gasteiger partial charge is 0.369 e. The number of hydrogen-bond acceptors (Lipinski definition) is 3. The van der Waals surface area contributed by atoms with Gasteiger partial charge in [-0.05, 0) is 39.0 Å². The molecule has 1 aliphatic rings. The Morgan fingerprint density at radius 2 is 1.91 bits per heavy atom. The third kappa shape index (κ3) is 4.46. The quantitative estimate of drug-likeness (QED) is 0.882. The van der Waals surface area contributed by atoms with E-state index in [0.29, 0.717) is 24.5 Å². The van der Waals surface area contributed by atoms with Crippen molar-refractivity contribution >= 4 is 23.3 Å². The van der Waals surface area contributed by atoms with Crippen molar-refractivity contribution in [2.24, 2.45) is 0 Å². The van der Waals surface area contributed by atoms with Crippen LogP contribution in [-0.2, 0) is 9.53 Å². The van der Waals surface area contributed by atoms with Crippen molar-refractivity contribution in [1.29, 1.82) is 0 Å². The monoisotopic (exact) mass is 305 g/mol. The number of benzene rings is 1. The molecular weight excluding hydrogens is 282 g/mol. The Morgan fingerprint density at radius 3 is 2.50 bits per heavy atom. The topological polar surface area (TPSA) is 70.7 Å². The van der Waals surface area contributed by atoms with Gasteiger partial charge in [0.05, 0.1) is 18.2 Å². The summed E-state index contributed by atoms with van der Waals surface area (Å²) in [6.45, 7) is 8.44. The standard InChI is InChI=1S/C16H23N3O3/c1-11-9-19(10-16(3,4)22-11)15(21)18-14-7-5-6-13(8-14)17-12(2)20/h5-8,11H,9-10H2,1-4H3,(H,17,20)(H,18,21). The lowest BCUT2D eigenvalue weighted by Crippen LogP contribution is -2.54. The average Bonchev–Trinajstić information content (AvgIpc) is 2.35. The smallest absolute Gasteiger partial charge is 0.322 e. The van der Waals surface area contributed by atoms with E-state index in [-0.39, 0.29) is 23.6 Å². The van der Waals surface area contributed by atoms with E-state index in [2.05, 4.69) is 10.6 Å². The molecule has 0 saturated carbocycles. The van der Waals surface area contributed by atoms with Gasteiger partial charge in [0, 0.05) is 24.8 Å². The summed E-state index contributed by atoms with van der Waals surface area (Å²) in [5.74, 6) is -0.146. The predicted octanol–water partition coefficient (Wildman–Crippen LogP) is 2.68. The van der Waals surface area contributed by atoms with Crippen molar-refractivity contribution in [1.82, 2.24) is 4.90 Å². The number of ether oxygens (including phenoxy) is 1. The number of rotatable bonds is 2. The first-order chi connectivity index (χ1) is 10.2. The van der Waals surface area contributed by atoms with Gasteiger partial charge in [-0.3, -0.25) is 4.79 Å². The normalized spacial score (nSPS) is 20.4. The van der Waals surface area contributed by atoms with E-state index in [1.54, 1.807) is 29.2 Å². The molecule has 1 heterocycles. The highest BCUT2D eigenvalue weighted by Gasteiger charge is 2.33. The lowest BCUT2D eigenvalue weighted by molar-refractivity contribution is -0.116. The van der Waals surface area contributed by atoms with Crippen LogP contribution in [-0.4, -0.2) is 41.6 Å². The van der Waals surface area contributed by atoms with Crippen LogP contribution >= 0.6 is 0 Å². The fraction of sp³-hybridized carbons (Fsp3) is 0.500. The SMILES string of the molecule is CC(=O)Nc1cccc(NC(=O)N2CC(C)OC(C)(C)C2)c1. The van der Waals surface area contributed by atoms with Crippen molar-refractivity contribution in [3.63, 3.8) is 0 Å². The van der Waals surface area contributed by atoms with Crippen molar-refractivity contribution in [3.8, 4) is 0 Å². The van der Waals surface area contributed by atoms with Crippen LogP contribution in [0.5, 0.6) is 0 Å². The second-order valence-electron chi connectivity index (χ2n) is 6.26. The third-order valence-electron chi connectivity index (χ3n) is 3.29. The second kappa shape index (κ2) is 6.36. The maximum absolute atomic E-state index is 12.4. The summed E-state index contributed by atoms with van der Waals surface area (Å²) < 4.78 is 5.80. The molecule has 0 radical (unpaired) electrons. The summed E-state index contributed by atoms with van der Waals surface area (Å²) in [5.41, 5.74) is 0.946. The molecular formula is C16H23N3O3. The van der Waals surface area contributed by atoms with Crippen LogP contribution < -0.4 is 10.6 Å². The predicted molar refractivity (Wildman–Crippen MR) is 86.0 cm³/mol. The second-order valence-corrected chi connectivity index (χ2v) is 6.26. The van der Waals surface area contributed by atoms with Crippen molar-refractivity contribution in [3.05, 3.63) is 24.3 Å². The number of carbonyl (C=O) groups is 2. The van der Waals surface area contributed by atoms with Gasteiger partial charge in [-0.1, -0.05) is 6.07 Å². The lowest BCUT2D eigenvalue weighted by atomic mass is 10.1. The van der Waals surface area contributed by atoms with Gasteiger partial charge in [-0.25, -0.2) is 4.79 Å². The zero-order chi connectivity index (χ0) is 16.3. The van der Waals surface area contributed by atoms with Gasteiger partial charge in [0.1, 0.15) is 0 Å². The highest BCUT2D eigenvalue weighted by molar-refractivity contribution is 5.92. The molecule has 0 aliphatic carbocycles. The number of hydrogen-bond donors (Lipinski definition) is 2. The third-order valence-corrected chi connectivity index (χ3v) is 3.29. The Hall–Kier alpha value is -2.08. The minimum atomic E-state index is -0.354. The van der Waals surface area contributed by atoms with E-state index in [0.717, 1.165) is 0 Å². The van der Waals surface area contributed by atoms with E-state index in [1.807, 2.05) is 20.8 Å². The van der Waals surface area contributed by atoms with Gasteiger partial charge in [0.15, 0.2) is 0 Å².